The number of hydrogen-bond donors (Lipinski definition) is 2. The molecule has 0 aromatic heterocycles. The molecule has 4 nitrogen and oxygen atoms in total. The van der Waals surface area contributed by atoms with Gasteiger partial charge in [0.25, 0.3) is 0 Å². The lowest BCUT2D eigenvalue weighted by Crippen LogP contribution is -2.48. The number of amides is 2. The van der Waals surface area contributed by atoms with Crippen LogP contribution in [0.4, 0.5) is 10.5 Å². The SMILES string of the molecule is Cc1ccc(C(C)(C)C)cc1NC(=O)N1CCNCC1. The molecule has 1 aliphatic rings. The van der Waals surface area contributed by atoms with Crippen LogP contribution in [-0.2, 0) is 5.41 Å². The van der Waals surface area contributed by atoms with E-state index < -0.39 is 0 Å². The smallest absolute Gasteiger partial charge is 0.321 e. The number of carbonyl (C=O) groups is 1. The van der Waals surface area contributed by atoms with Gasteiger partial charge < -0.3 is 15.5 Å². The topological polar surface area (TPSA) is 44.4 Å². The fourth-order valence-electron chi connectivity index (χ4n) is 2.29. The lowest BCUT2D eigenvalue weighted by atomic mass is 9.86. The summed E-state index contributed by atoms with van der Waals surface area (Å²) in [6, 6.07) is 6.31. The summed E-state index contributed by atoms with van der Waals surface area (Å²) < 4.78 is 0. The van der Waals surface area contributed by atoms with Crippen molar-refractivity contribution in [1.29, 1.82) is 0 Å². The lowest BCUT2D eigenvalue weighted by Gasteiger charge is -2.28. The van der Waals surface area contributed by atoms with E-state index in [4.69, 9.17) is 0 Å². The maximum Gasteiger partial charge on any atom is 0.321 e. The molecule has 2 amide bonds. The van der Waals surface area contributed by atoms with Gasteiger partial charge in [0.2, 0.25) is 0 Å². The molecule has 0 bridgehead atoms. The van der Waals surface area contributed by atoms with Crippen molar-refractivity contribution in [2.24, 2.45) is 0 Å². The van der Waals surface area contributed by atoms with Crippen molar-refractivity contribution >= 4 is 11.7 Å². The number of nitrogens with zero attached hydrogens (tertiary/aromatic N) is 1. The molecule has 1 aliphatic heterocycles. The fraction of sp³-hybridized carbons (Fsp3) is 0.562. The molecule has 1 saturated heterocycles. The summed E-state index contributed by atoms with van der Waals surface area (Å²) in [7, 11) is 0. The number of carbonyl (C=O) groups excluding carboxylic acids is 1. The Morgan fingerprint density at radius 1 is 1.25 bits per heavy atom. The van der Waals surface area contributed by atoms with Gasteiger partial charge in [-0.3, -0.25) is 0 Å². The summed E-state index contributed by atoms with van der Waals surface area (Å²) in [6.07, 6.45) is 0. The minimum absolute atomic E-state index is 0.000610. The largest absolute Gasteiger partial charge is 0.322 e. The van der Waals surface area contributed by atoms with Crippen LogP contribution in [0, 0.1) is 6.92 Å². The van der Waals surface area contributed by atoms with Crippen LogP contribution >= 0.6 is 0 Å². The highest BCUT2D eigenvalue weighted by atomic mass is 16.2. The molecule has 0 radical (unpaired) electrons. The van der Waals surface area contributed by atoms with Crippen LogP contribution in [-0.4, -0.2) is 37.1 Å². The van der Waals surface area contributed by atoms with Crippen LogP contribution in [0.3, 0.4) is 0 Å². The van der Waals surface area contributed by atoms with Gasteiger partial charge in [-0.1, -0.05) is 32.9 Å². The number of rotatable bonds is 1. The molecule has 2 N–H and O–H groups in total. The molecule has 0 saturated carbocycles. The predicted molar refractivity (Wildman–Crippen MR) is 83.3 cm³/mol. The van der Waals surface area contributed by atoms with E-state index in [1.165, 1.54) is 5.56 Å². The Labute approximate surface area is 121 Å². The van der Waals surface area contributed by atoms with Crippen LogP contribution < -0.4 is 10.6 Å². The number of anilines is 1. The minimum atomic E-state index is 0.000610. The van der Waals surface area contributed by atoms with E-state index in [-0.39, 0.29) is 11.4 Å². The number of urea groups is 1. The highest BCUT2D eigenvalue weighted by Crippen LogP contribution is 2.27. The van der Waals surface area contributed by atoms with Gasteiger partial charge in [0.15, 0.2) is 0 Å². The van der Waals surface area contributed by atoms with Crippen LogP contribution in [0.15, 0.2) is 18.2 Å². The van der Waals surface area contributed by atoms with E-state index in [0.717, 1.165) is 37.4 Å². The number of aryl methyl sites for hydroxylation is 1. The fourth-order valence-corrected chi connectivity index (χ4v) is 2.29. The molecule has 0 unspecified atom stereocenters. The molecular formula is C16H25N3O. The lowest BCUT2D eigenvalue weighted by molar-refractivity contribution is 0.204. The first-order chi connectivity index (χ1) is 9.38. The summed E-state index contributed by atoms with van der Waals surface area (Å²) in [5, 5.41) is 6.30. The van der Waals surface area contributed by atoms with Crippen molar-refractivity contribution < 1.29 is 4.79 Å². The quantitative estimate of drug-likeness (QED) is 0.827. The number of hydrogen-bond acceptors (Lipinski definition) is 2. The number of benzene rings is 1. The van der Waals surface area contributed by atoms with Crippen LogP contribution in [0.25, 0.3) is 0 Å². The first kappa shape index (κ1) is 14.9. The zero-order valence-corrected chi connectivity index (χ0v) is 12.9. The summed E-state index contributed by atoms with van der Waals surface area (Å²) >= 11 is 0. The van der Waals surface area contributed by atoms with E-state index in [2.05, 4.69) is 49.6 Å². The van der Waals surface area contributed by atoms with Gasteiger partial charge in [-0.25, -0.2) is 4.79 Å². The molecule has 0 spiro atoms. The highest BCUT2D eigenvalue weighted by molar-refractivity contribution is 5.90. The van der Waals surface area contributed by atoms with Crippen LogP contribution in [0.1, 0.15) is 31.9 Å². The Balaban J connectivity index is 2.13. The maximum absolute atomic E-state index is 12.3. The normalized spacial score (nSPS) is 16.1. The second-order valence-corrected chi connectivity index (χ2v) is 6.45. The molecule has 1 aromatic carbocycles. The first-order valence-electron chi connectivity index (χ1n) is 7.26. The second-order valence-electron chi connectivity index (χ2n) is 6.45. The van der Waals surface area contributed by atoms with Crippen molar-refractivity contribution in [2.45, 2.75) is 33.1 Å². The Morgan fingerprint density at radius 2 is 1.90 bits per heavy atom. The van der Waals surface area contributed by atoms with Crippen molar-refractivity contribution in [3.8, 4) is 0 Å². The Morgan fingerprint density at radius 3 is 2.50 bits per heavy atom. The standard InChI is InChI=1S/C16H25N3O/c1-12-5-6-13(16(2,3)4)11-14(12)18-15(20)19-9-7-17-8-10-19/h5-6,11,17H,7-10H2,1-4H3,(H,18,20). The van der Waals surface area contributed by atoms with E-state index in [0.29, 0.717) is 0 Å². The third-order valence-corrected chi connectivity index (χ3v) is 3.75. The Hall–Kier alpha value is -1.55. The Kier molecular flexibility index (Phi) is 4.33. The summed E-state index contributed by atoms with van der Waals surface area (Å²) in [5.41, 5.74) is 3.34. The third kappa shape index (κ3) is 3.51. The highest BCUT2D eigenvalue weighted by Gasteiger charge is 2.19. The molecule has 4 heteroatoms. The zero-order chi connectivity index (χ0) is 14.8. The third-order valence-electron chi connectivity index (χ3n) is 3.75. The van der Waals surface area contributed by atoms with Crippen LogP contribution in [0.5, 0.6) is 0 Å². The van der Waals surface area contributed by atoms with Crippen LogP contribution in [0.2, 0.25) is 0 Å². The molecule has 110 valence electrons. The van der Waals surface area contributed by atoms with Gasteiger partial charge in [-0.2, -0.15) is 0 Å². The van der Waals surface area contributed by atoms with E-state index in [1.807, 2.05) is 11.8 Å². The van der Waals surface area contributed by atoms with Gasteiger partial charge >= 0.3 is 6.03 Å². The van der Waals surface area contributed by atoms with Gasteiger partial charge in [-0.15, -0.1) is 0 Å². The van der Waals surface area contributed by atoms with E-state index >= 15 is 0 Å². The monoisotopic (exact) mass is 275 g/mol. The van der Waals surface area contributed by atoms with E-state index in [1.54, 1.807) is 0 Å². The summed E-state index contributed by atoms with van der Waals surface area (Å²) in [6.45, 7) is 11.8. The molecule has 1 fully saturated rings. The summed E-state index contributed by atoms with van der Waals surface area (Å²) in [4.78, 5) is 14.1. The van der Waals surface area contributed by atoms with Gasteiger partial charge in [0.1, 0.15) is 0 Å². The van der Waals surface area contributed by atoms with E-state index in [9.17, 15) is 4.79 Å². The predicted octanol–water partition coefficient (Wildman–Crippen LogP) is 2.73. The molecule has 1 heterocycles. The molecule has 2 rings (SSSR count). The van der Waals surface area contributed by atoms with Gasteiger partial charge in [-0.05, 0) is 29.5 Å². The Bertz CT molecular complexity index is 485. The summed E-state index contributed by atoms with van der Waals surface area (Å²) in [5.74, 6) is 0. The number of piperazine rings is 1. The van der Waals surface area contributed by atoms with Crippen molar-refractivity contribution in [3.05, 3.63) is 29.3 Å². The number of nitrogens with one attached hydrogen (secondary N) is 2. The molecule has 0 aliphatic carbocycles. The maximum atomic E-state index is 12.3. The molecule has 0 atom stereocenters. The first-order valence-corrected chi connectivity index (χ1v) is 7.26. The van der Waals surface area contributed by atoms with Crippen molar-refractivity contribution in [3.63, 3.8) is 0 Å². The molecular weight excluding hydrogens is 250 g/mol. The van der Waals surface area contributed by atoms with Gasteiger partial charge in [0.05, 0.1) is 0 Å². The minimum Gasteiger partial charge on any atom is -0.322 e. The van der Waals surface area contributed by atoms with Crippen molar-refractivity contribution in [2.75, 3.05) is 31.5 Å². The van der Waals surface area contributed by atoms with Gasteiger partial charge in [0, 0.05) is 31.9 Å². The molecule has 20 heavy (non-hydrogen) atoms. The molecule has 1 aromatic rings. The van der Waals surface area contributed by atoms with Crippen molar-refractivity contribution in [1.82, 2.24) is 10.2 Å². The average molecular weight is 275 g/mol. The average Bonchev–Trinajstić information content (AvgIpc) is 2.41. The zero-order valence-electron chi connectivity index (χ0n) is 12.9. The second kappa shape index (κ2) is 5.83.